The van der Waals surface area contributed by atoms with Gasteiger partial charge in [0.05, 0.1) is 6.33 Å². The number of allylic oxidation sites excluding steroid dienone is 1. The molecule has 0 aliphatic carbocycles. The molecule has 0 aliphatic heterocycles. The highest BCUT2D eigenvalue weighted by atomic mass is 35.5. The Morgan fingerprint density at radius 2 is 1.88 bits per heavy atom. The van der Waals surface area contributed by atoms with Crippen molar-refractivity contribution >= 4 is 23.2 Å². The Morgan fingerprint density at radius 3 is 2.00 bits per heavy atom. The molecule has 0 N–H and O–H groups in total. The highest BCUT2D eigenvalue weighted by Crippen LogP contribution is 2.12. The molecule has 0 fully saturated rings. The molecule has 1 unspecified atom stereocenters. The second kappa shape index (κ2) is 4.10. The van der Waals surface area contributed by atoms with Gasteiger partial charge in [-0.2, -0.15) is 0 Å². The summed E-state index contributed by atoms with van der Waals surface area (Å²) in [6.07, 6.45) is -0.893. The Balaban J connectivity index is 3.47. The summed E-state index contributed by atoms with van der Waals surface area (Å²) in [7, 11) is 0. The van der Waals surface area contributed by atoms with E-state index < -0.39 is 11.0 Å². The van der Waals surface area contributed by atoms with Gasteiger partial charge in [-0.1, -0.05) is 0 Å². The van der Waals surface area contributed by atoms with E-state index in [1.54, 1.807) is 0 Å². The van der Waals surface area contributed by atoms with Crippen molar-refractivity contribution in [3.63, 3.8) is 0 Å². The molecular weight excluding hydrogens is 157 g/mol. The molecule has 0 saturated heterocycles. The third kappa shape index (κ3) is 3.22. The van der Waals surface area contributed by atoms with E-state index in [9.17, 15) is 8.78 Å². The molecule has 0 aromatic rings. The molecule has 0 aromatic heterocycles. The van der Waals surface area contributed by atoms with Crippen LogP contribution in [-0.2, 0) is 0 Å². The second-order valence-corrected chi connectivity index (χ2v) is 2.26. The van der Waals surface area contributed by atoms with E-state index in [0.717, 1.165) is 0 Å². The second-order valence-electron chi connectivity index (χ2n) is 1.10. The molecule has 0 rings (SSSR count). The molecule has 0 amide bonds. The SMILES string of the molecule is FC=CC(F)C(Cl)Cl. The standard InChI is InChI=1S/C4H4Cl2F2/c5-4(6)3(8)1-2-7/h1-4H. The summed E-state index contributed by atoms with van der Waals surface area (Å²) < 4.78 is 23.0. The maximum absolute atomic E-state index is 11.9. The summed E-state index contributed by atoms with van der Waals surface area (Å²) >= 11 is 9.96. The van der Waals surface area contributed by atoms with Crippen LogP contribution < -0.4 is 0 Å². The zero-order valence-corrected chi connectivity index (χ0v) is 5.33. The Morgan fingerprint density at radius 1 is 1.38 bits per heavy atom. The lowest BCUT2D eigenvalue weighted by Crippen LogP contribution is -2.04. The fraction of sp³-hybridized carbons (Fsp3) is 0.500. The van der Waals surface area contributed by atoms with Gasteiger partial charge in [0.25, 0.3) is 0 Å². The fourth-order valence-electron chi connectivity index (χ4n) is 0.153. The largest absolute Gasteiger partial charge is 0.240 e. The number of halogens is 4. The first-order chi connectivity index (χ1) is 3.68. The summed E-state index contributed by atoms with van der Waals surface area (Å²) in [5.74, 6) is 0. The minimum atomic E-state index is -1.61. The van der Waals surface area contributed by atoms with E-state index in [-0.39, 0.29) is 6.33 Å². The van der Waals surface area contributed by atoms with Gasteiger partial charge < -0.3 is 0 Å². The van der Waals surface area contributed by atoms with Crippen molar-refractivity contribution in [2.45, 2.75) is 11.0 Å². The molecule has 8 heavy (non-hydrogen) atoms. The lowest BCUT2D eigenvalue weighted by atomic mass is 10.4. The van der Waals surface area contributed by atoms with E-state index >= 15 is 0 Å². The van der Waals surface area contributed by atoms with E-state index in [1.165, 1.54) is 0 Å². The van der Waals surface area contributed by atoms with Crippen molar-refractivity contribution in [1.29, 1.82) is 0 Å². The van der Waals surface area contributed by atoms with Crippen molar-refractivity contribution in [3.8, 4) is 0 Å². The van der Waals surface area contributed by atoms with Gasteiger partial charge >= 0.3 is 0 Å². The number of alkyl halides is 3. The molecule has 0 aromatic carbocycles. The Hall–Kier alpha value is 0.180. The van der Waals surface area contributed by atoms with Gasteiger partial charge in [-0.05, 0) is 6.08 Å². The van der Waals surface area contributed by atoms with Crippen molar-refractivity contribution in [1.82, 2.24) is 0 Å². The number of rotatable bonds is 2. The van der Waals surface area contributed by atoms with Gasteiger partial charge in [-0.3, -0.25) is 0 Å². The molecule has 48 valence electrons. The summed E-state index contributed by atoms with van der Waals surface area (Å²) in [6, 6.07) is 0. The van der Waals surface area contributed by atoms with Crippen molar-refractivity contribution in [2.75, 3.05) is 0 Å². The third-order valence-corrected chi connectivity index (χ3v) is 0.979. The van der Waals surface area contributed by atoms with Crippen molar-refractivity contribution in [3.05, 3.63) is 12.4 Å². The zero-order chi connectivity index (χ0) is 6.57. The van der Waals surface area contributed by atoms with E-state index in [4.69, 9.17) is 23.2 Å². The Bertz CT molecular complexity index is 82.1. The third-order valence-electron chi connectivity index (χ3n) is 0.497. The zero-order valence-electron chi connectivity index (χ0n) is 3.82. The monoisotopic (exact) mass is 160 g/mol. The van der Waals surface area contributed by atoms with Gasteiger partial charge in [0.1, 0.15) is 4.84 Å². The first kappa shape index (κ1) is 8.18. The van der Waals surface area contributed by atoms with Gasteiger partial charge in [0.15, 0.2) is 6.17 Å². The summed E-state index contributed by atoms with van der Waals surface area (Å²) in [4.78, 5) is -1.18. The normalized spacial score (nSPS) is 15.6. The van der Waals surface area contributed by atoms with Crippen LogP contribution in [0, 0.1) is 0 Å². The first-order valence-electron chi connectivity index (χ1n) is 1.87. The summed E-state index contributed by atoms with van der Waals surface area (Å²) in [6.45, 7) is 0. The van der Waals surface area contributed by atoms with Crippen LogP contribution in [0.25, 0.3) is 0 Å². The van der Waals surface area contributed by atoms with Crippen LogP contribution in [0.4, 0.5) is 8.78 Å². The van der Waals surface area contributed by atoms with Crippen molar-refractivity contribution < 1.29 is 8.78 Å². The minimum absolute atomic E-state index is 0.0719. The van der Waals surface area contributed by atoms with Crippen LogP contribution in [0.2, 0.25) is 0 Å². The van der Waals surface area contributed by atoms with Crippen molar-refractivity contribution in [2.24, 2.45) is 0 Å². The van der Waals surface area contributed by atoms with Gasteiger partial charge in [-0.15, -0.1) is 23.2 Å². The van der Waals surface area contributed by atoms with Crippen LogP contribution in [-0.4, -0.2) is 11.0 Å². The van der Waals surface area contributed by atoms with E-state index in [2.05, 4.69) is 0 Å². The summed E-state index contributed by atoms with van der Waals surface area (Å²) in [5.41, 5.74) is 0. The molecule has 0 bridgehead atoms. The maximum Gasteiger partial charge on any atom is 0.151 e. The molecule has 0 heterocycles. The molecule has 1 atom stereocenters. The van der Waals surface area contributed by atoms with Crippen LogP contribution in [0.1, 0.15) is 0 Å². The number of hydrogen-bond acceptors (Lipinski definition) is 0. The lowest BCUT2D eigenvalue weighted by molar-refractivity contribution is 0.416. The predicted molar refractivity (Wildman–Crippen MR) is 30.6 cm³/mol. The molecule has 0 spiro atoms. The smallest absolute Gasteiger partial charge is 0.151 e. The van der Waals surface area contributed by atoms with Crippen LogP contribution in [0.15, 0.2) is 12.4 Å². The van der Waals surface area contributed by atoms with Crippen LogP contribution in [0.3, 0.4) is 0 Å². The van der Waals surface area contributed by atoms with Gasteiger partial charge in [-0.25, -0.2) is 8.78 Å². The van der Waals surface area contributed by atoms with E-state index in [0.29, 0.717) is 6.08 Å². The minimum Gasteiger partial charge on any atom is -0.240 e. The Kier molecular flexibility index (Phi) is 4.19. The quantitative estimate of drug-likeness (QED) is 0.546. The average Bonchev–Trinajstić information content (AvgIpc) is 1.67. The highest BCUT2D eigenvalue weighted by molar-refractivity contribution is 6.44. The first-order valence-corrected chi connectivity index (χ1v) is 2.75. The Labute approximate surface area is 56.1 Å². The summed E-state index contributed by atoms with van der Waals surface area (Å²) in [5, 5.41) is 0. The molecular formula is C4H4Cl2F2. The highest BCUT2D eigenvalue weighted by Gasteiger charge is 2.10. The average molecular weight is 161 g/mol. The molecule has 0 aliphatic rings. The molecule has 4 heteroatoms. The number of hydrogen-bond donors (Lipinski definition) is 0. The lowest BCUT2D eigenvalue weighted by Gasteiger charge is -1.98. The molecule has 0 radical (unpaired) electrons. The van der Waals surface area contributed by atoms with E-state index in [1.807, 2.05) is 0 Å². The molecule has 0 nitrogen and oxygen atoms in total. The predicted octanol–water partition coefficient (Wildman–Crippen LogP) is 2.61. The molecule has 0 saturated carbocycles. The van der Waals surface area contributed by atoms with Gasteiger partial charge in [0.2, 0.25) is 0 Å². The maximum atomic E-state index is 11.9. The van der Waals surface area contributed by atoms with Gasteiger partial charge in [0, 0.05) is 0 Å². The van der Waals surface area contributed by atoms with Crippen LogP contribution >= 0.6 is 23.2 Å². The topological polar surface area (TPSA) is 0 Å². The fourth-order valence-corrected chi connectivity index (χ4v) is 0.321. The van der Waals surface area contributed by atoms with Crippen LogP contribution in [0.5, 0.6) is 0 Å².